The lowest BCUT2D eigenvalue weighted by molar-refractivity contribution is -0.0505. The first-order valence-electron chi connectivity index (χ1n) is 7.39. The van der Waals surface area contributed by atoms with Crippen molar-refractivity contribution in [1.29, 1.82) is 0 Å². The van der Waals surface area contributed by atoms with Crippen LogP contribution in [0.25, 0.3) is 0 Å². The minimum absolute atomic E-state index is 0.264. The van der Waals surface area contributed by atoms with Crippen LogP contribution in [0.2, 0.25) is 0 Å². The summed E-state index contributed by atoms with van der Waals surface area (Å²) in [7, 11) is 0. The Bertz CT molecular complexity index is 460. The lowest BCUT2D eigenvalue weighted by atomic mass is 10.0. The molecule has 1 saturated heterocycles. The first-order chi connectivity index (χ1) is 10.1. The summed E-state index contributed by atoms with van der Waals surface area (Å²) >= 11 is 0. The van der Waals surface area contributed by atoms with Gasteiger partial charge in [-0.15, -0.1) is 0 Å². The van der Waals surface area contributed by atoms with Crippen LogP contribution in [0.1, 0.15) is 29.5 Å². The van der Waals surface area contributed by atoms with Crippen LogP contribution >= 0.6 is 0 Å². The van der Waals surface area contributed by atoms with Gasteiger partial charge in [0.15, 0.2) is 0 Å². The maximum Gasteiger partial charge on any atom is 0.387 e. The highest BCUT2D eigenvalue weighted by molar-refractivity contribution is 5.41. The Morgan fingerprint density at radius 2 is 2.10 bits per heavy atom. The molecule has 0 aromatic heterocycles. The van der Waals surface area contributed by atoms with Crippen LogP contribution in [-0.4, -0.2) is 26.4 Å². The third-order valence-corrected chi connectivity index (χ3v) is 3.90. The van der Waals surface area contributed by atoms with Crippen molar-refractivity contribution in [1.82, 2.24) is 5.32 Å². The molecule has 0 spiro atoms. The molecule has 3 nitrogen and oxygen atoms in total. The third kappa shape index (κ3) is 4.93. The van der Waals surface area contributed by atoms with Crippen molar-refractivity contribution in [2.24, 2.45) is 5.92 Å². The van der Waals surface area contributed by atoms with E-state index in [0.29, 0.717) is 12.5 Å². The molecule has 1 unspecified atom stereocenters. The minimum atomic E-state index is -2.79. The molecule has 1 atom stereocenters. The highest BCUT2D eigenvalue weighted by atomic mass is 19.3. The number of aryl methyl sites for hydroxylation is 2. The van der Waals surface area contributed by atoms with Crippen LogP contribution in [0.5, 0.6) is 5.75 Å². The van der Waals surface area contributed by atoms with Crippen molar-refractivity contribution in [3.05, 3.63) is 28.8 Å². The number of nitrogens with one attached hydrogen (secondary N) is 1. The number of alkyl halides is 2. The molecule has 1 aromatic rings. The van der Waals surface area contributed by atoms with Crippen molar-refractivity contribution in [2.45, 2.75) is 39.8 Å². The van der Waals surface area contributed by atoms with Gasteiger partial charge < -0.3 is 14.8 Å². The summed E-state index contributed by atoms with van der Waals surface area (Å²) in [5, 5.41) is 3.33. The van der Waals surface area contributed by atoms with Gasteiger partial charge in [0.2, 0.25) is 0 Å². The Morgan fingerprint density at radius 1 is 1.33 bits per heavy atom. The van der Waals surface area contributed by atoms with Gasteiger partial charge in [-0.05, 0) is 49.8 Å². The summed E-state index contributed by atoms with van der Waals surface area (Å²) in [5.41, 5.74) is 2.81. The molecule has 1 aliphatic rings. The normalized spacial score (nSPS) is 19.0. The van der Waals surface area contributed by atoms with Gasteiger partial charge in [-0.3, -0.25) is 0 Å². The number of hydrogen-bond donors (Lipinski definition) is 1. The summed E-state index contributed by atoms with van der Waals surface area (Å²) in [6.45, 7) is 4.06. The Balaban J connectivity index is 1.95. The number of benzene rings is 1. The molecule has 21 heavy (non-hydrogen) atoms. The third-order valence-electron chi connectivity index (χ3n) is 3.90. The summed E-state index contributed by atoms with van der Waals surface area (Å²) in [5.74, 6) is 0.769. The van der Waals surface area contributed by atoms with E-state index in [0.717, 1.165) is 49.3 Å². The van der Waals surface area contributed by atoms with Crippen molar-refractivity contribution in [3.63, 3.8) is 0 Å². The van der Waals surface area contributed by atoms with E-state index in [9.17, 15) is 8.78 Å². The summed E-state index contributed by atoms with van der Waals surface area (Å²) in [6, 6.07) is 3.60. The molecule has 1 aromatic carbocycles. The fraction of sp³-hybridized carbons (Fsp3) is 0.625. The fourth-order valence-electron chi connectivity index (χ4n) is 2.57. The number of hydrogen-bond acceptors (Lipinski definition) is 3. The summed E-state index contributed by atoms with van der Waals surface area (Å²) < 4.78 is 35.0. The predicted octanol–water partition coefficient (Wildman–Crippen LogP) is 3.42. The molecule has 5 heteroatoms. The van der Waals surface area contributed by atoms with E-state index in [4.69, 9.17) is 4.74 Å². The minimum Gasteiger partial charge on any atom is -0.434 e. The highest BCUT2D eigenvalue weighted by Crippen LogP contribution is 2.25. The molecule has 0 amide bonds. The molecule has 0 saturated carbocycles. The molecular formula is C16H23F2NO2. The van der Waals surface area contributed by atoms with E-state index < -0.39 is 6.61 Å². The molecule has 0 aliphatic carbocycles. The van der Waals surface area contributed by atoms with Gasteiger partial charge in [-0.25, -0.2) is 0 Å². The van der Waals surface area contributed by atoms with Crippen molar-refractivity contribution < 1.29 is 18.3 Å². The first-order valence-corrected chi connectivity index (χ1v) is 7.39. The maximum atomic E-state index is 12.5. The molecule has 1 aliphatic heterocycles. The first kappa shape index (κ1) is 16.2. The van der Waals surface area contributed by atoms with Crippen LogP contribution < -0.4 is 10.1 Å². The van der Waals surface area contributed by atoms with Gasteiger partial charge >= 0.3 is 6.61 Å². The van der Waals surface area contributed by atoms with E-state index in [2.05, 4.69) is 10.1 Å². The van der Waals surface area contributed by atoms with Crippen LogP contribution in [0.3, 0.4) is 0 Å². The van der Waals surface area contributed by atoms with Crippen LogP contribution in [0.4, 0.5) is 8.78 Å². The number of rotatable bonds is 6. The van der Waals surface area contributed by atoms with Gasteiger partial charge in [-0.2, -0.15) is 8.78 Å². The lowest BCUT2D eigenvalue weighted by Crippen LogP contribution is -2.29. The van der Waals surface area contributed by atoms with E-state index in [1.807, 2.05) is 19.9 Å². The Labute approximate surface area is 124 Å². The van der Waals surface area contributed by atoms with Crippen LogP contribution in [0.15, 0.2) is 12.1 Å². The lowest BCUT2D eigenvalue weighted by Gasteiger charge is -2.22. The smallest absolute Gasteiger partial charge is 0.387 e. The second kappa shape index (κ2) is 7.71. The van der Waals surface area contributed by atoms with E-state index in [1.54, 1.807) is 6.07 Å². The van der Waals surface area contributed by atoms with Gasteiger partial charge in [-0.1, -0.05) is 6.07 Å². The SMILES string of the molecule is Cc1cc(CNCC2CCCOC2)c(OC(F)F)cc1C. The summed E-state index contributed by atoms with van der Waals surface area (Å²) in [6.07, 6.45) is 2.25. The number of halogens is 2. The zero-order valence-corrected chi connectivity index (χ0v) is 12.6. The molecule has 0 radical (unpaired) electrons. The average Bonchev–Trinajstić information content (AvgIpc) is 2.44. The molecule has 1 N–H and O–H groups in total. The highest BCUT2D eigenvalue weighted by Gasteiger charge is 2.15. The van der Waals surface area contributed by atoms with Gasteiger partial charge in [0.05, 0.1) is 6.61 Å². The van der Waals surface area contributed by atoms with Crippen LogP contribution in [0, 0.1) is 19.8 Å². The monoisotopic (exact) mass is 299 g/mol. The fourth-order valence-corrected chi connectivity index (χ4v) is 2.57. The molecule has 0 bridgehead atoms. The molecular weight excluding hydrogens is 276 g/mol. The van der Waals surface area contributed by atoms with E-state index in [-0.39, 0.29) is 5.75 Å². The van der Waals surface area contributed by atoms with Gasteiger partial charge in [0.1, 0.15) is 5.75 Å². The molecule has 1 fully saturated rings. The maximum absolute atomic E-state index is 12.5. The second-order valence-corrected chi connectivity index (χ2v) is 5.64. The predicted molar refractivity (Wildman–Crippen MR) is 77.8 cm³/mol. The average molecular weight is 299 g/mol. The quantitative estimate of drug-likeness (QED) is 0.873. The van der Waals surface area contributed by atoms with Crippen molar-refractivity contribution in [2.75, 3.05) is 19.8 Å². The standard InChI is InChI=1S/C16H23F2NO2/c1-11-6-14(15(7-12(11)2)21-16(17)18)9-19-8-13-4-3-5-20-10-13/h6-7,13,16,19H,3-5,8-10H2,1-2H3. The van der Waals surface area contributed by atoms with E-state index in [1.165, 1.54) is 0 Å². The Kier molecular flexibility index (Phi) is 5.94. The van der Waals surface area contributed by atoms with E-state index >= 15 is 0 Å². The zero-order chi connectivity index (χ0) is 15.2. The molecule has 2 rings (SSSR count). The zero-order valence-electron chi connectivity index (χ0n) is 12.6. The Hall–Kier alpha value is -1.20. The number of ether oxygens (including phenoxy) is 2. The Morgan fingerprint density at radius 3 is 2.76 bits per heavy atom. The molecule has 1 heterocycles. The van der Waals surface area contributed by atoms with Crippen molar-refractivity contribution >= 4 is 0 Å². The van der Waals surface area contributed by atoms with Crippen molar-refractivity contribution in [3.8, 4) is 5.75 Å². The second-order valence-electron chi connectivity index (χ2n) is 5.64. The van der Waals surface area contributed by atoms with Crippen LogP contribution in [-0.2, 0) is 11.3 Å². The largest absolute Gasteiger partial charge is 0.434 e. The van der Waals surface area contributed by atoms with Gasteiger partial charge in [0, 0.05) is 25.3 Å². The summed E-state index contributed by atoms with van der Waals surface area (Å²) in [4.78, 5) is 0. The topological polar surface area (TPSA) is 30.5 Å². The van der Waals surface area contributed by atoms with Gasteiger partial charge in [0.25, 0.3) is 0 Å². The molecule has 118 valence electrons.